The van der Waals surface area contributed by atoms with Crippen LogP contribution < -0.4 is 16.4 Å². The number of ether oxygens (including phenoxy) is 2. The number of nitrogens with two attached hydrogens (primary N) is 1. The fourth-order valence-corrected chi connectivity index (χ4v) is 3.10. The number of nitrogens with one attached hydrogen (secondary N) is 2. The summed E-state index contributed by atoms with van der Waals surface area (Å²) in [5.41, 5.74) is 5.73. The van der Waals surface area contributed by atoms with Gasteiger partial charge < -0.3 is 25.8 Å². The van der Waals surface area contributed by atoms with Crippen molar-refractivity contribution in [2.45, 2.75) is 38.6 Å². The van der Waals surface area contributed by atoms with E-state index in [4.69, 9.17) is 15.2 Å². The SMILES string of the molecule is CC(C)(N)C(=O)N[C@H](COCc1ccccc1)c1nnnn1CCOC(=O)NCCS(C)(=O)=O. The minimum atomic E-state index is -3.19. The fraction of sp³-hybridized carbons (Fsp3) is 0.550. The lowest BCUT2D eigenvalue weighted by molar-refractivity contribution is -0.126. The van der Waals surface area contributed by atoms with Crippen molar-refractivity contribution >= 4 is 21.8 Å². The summed E-state index contributed by atoms with van der Waals surface area (Å²) in [5, 5.41) is 16.7. The number of tetrazole rings is 1. The molecule has 2 rings (SSSR count). The largest absolute Gasteiger partial charge is 0.448 e. The summed E-state index contributed by atoms with van der Waals surface area (Å²) >= 11 is 0. The van der Waals surface area contributed by atoms with Crippen molar-refractivity contribution in [1.29, 1.82) is 0 Å². The molecule has 13 nitrogen and oxygen atoms in total. The number of hydrogen-bond donors (Lipinski definition) is 3. The van der Waals surface area contributed by atoms with Crippen LogP contribution >= 0.6 is 0 Å². The lowest BCUT2D eigenvalue weighted by Gasteiger charge is -2.23. The highest BCUT2D eigenvalue weighted by atomic mass is 32.2. The number of benzene rings is 1. The monoisotopic (exact) mass is 497 g/mol. The van der Waals surface area contributed by atoms with E-state index in [1.165, 1.54) is 4.68 Å². The second-order valence-electron chi connectivity index (χ2n) is 8.20. The first-order chi connectivity index (χ1) is 16.0. The molecule has 0 spiro atoms. The second kappa shape index (κ2) is 12.4. The van der Waals surface area contributed by atoms with Crippen LogP contribution in [0.1, 0.15) is 31.3 Å². The topological polar surface area (TPSA) is 180 Å². The van der Waals surface area contributed by atoms with E-state index < -0.39 is 33.4 Å². The number of nitrogens with zero attached hydrogens (tertiary/aromatic N) is 4. The Balaban J connectivity index is 1.97. The van der Waals surface area contributed by atoms with Gasteiger partial charge in [0.25, 0.3) is 0 Å². The molecule has 14 heteroatoms. The summed E-state index contributed by atoms with van der Waals surface area (Å²) in [6.45, 7) is 3.49. The van der Waals surface area contributed by atoms with Crippen molar-refractivity contribution in [2.75, 3.05) is 31.8 Å². The van der Waals surface area contributed by atoms with E-state index in [0.717, 1.165) is 11.8 Å². The van der Waals surface area contributed by atoms with Crippen LogP contribution in [0.5, 0.6) is 0 Å². The van der Waals surface area contributed by atoms with Gasteiger partial charge in [-0.1, -0.05) is 30.3 Å². The molecule has 1 heterocycles. The van der Waals surface area contributed by atoms with Gasteiger partial charge in [0, 0.05) is 12.8 Å². The molecule has 0 aliphatic heterocycles. The highest BCUT2D eigenvalue weighted by Gasteiger charge is 2.28. The molecular formula is C20H31N7O6S. The van der Waals surface area contributed by atoms with E-state index >= 15 is 0 Å². The molecule has 0 saturated carbocycles. The summed E-state index contributed by atoms with van der Waals surface area (Å²) in [5.74, 6) is -0.315. The zero-order valence-corrected chi connectivity index (χ0v) is 20.2. The van der Waals surface area contributed by atoms with Crippen LogP contribution in [0, 0.1) is 0 Å². The van der Waals surface area contributed by atoms with Crippen molar-refractivity contribution in [3.63, 3.8) is 0 Å². The molecule has 0 aliphatic rings. The van der Waals surface area contributed by atoms with Crippen LogP contribution in [0.4, 0.5) is 4.79 Å². The minimum absolute atomic E-state index is 0.0600. The van der Waals surface area contributed by atoms with Crippen molar-refractivity contribution < 1.29 is 27.5 Å². The first-order valence-electron chi connectivity index (χ1n) is 10.5. The predicted molar refractivity (Wildman–Crippen MR) is 122 cm³/mol. The number of rotatable bonds is 13. The summed E-state index contributed by atoms with van der Waals surface area (Å²) < 4.78 is 34.4. The molecule has 1 aromatic carbocycles. The lowest BCUT2D eigenvalue weighted by Crippen LogP contribution is -2.51. The smallest absolute Gasteiger partial charge is 0.407 e. The second-order valence-corrected chi connectivity index (χ2v) is 10.5. The molecule has 0 radical (unpaired) electrons. The maximum atomic E-state index is 12.5. The third kappa shape index (κ3) is 9.80. The van der Waals surface area contributed by atoms with E-state index in [9.17, 15) is 18.0 Å². The van der Waals surface area contributed by atoms with E-state index in [1.807, 2.05) is 30.3 Å². The van der Waals surface area contributed by atoms with Crippen LogP contribution in [0.25, 0.3) is 0 Å². The maximum Gasteiger partial charge on any atom is 0.407 e. The Hall–Kier alpha value is -3.10. The molecule has 0 saturated heterocycles. The number of aromatic nitrogens is 4. The van der Waals surface area contributed by atoms with Gasteiger partial charge in [0.05, 0.1) is 31.1 Å². The van der Waals surface area contributed by atoms with Crippen molar-refractivity contribution in [2.24, 2.45) is 5.73 Å². The van der Waals surface area contributed by atoms with Gasteiger partial charge in [0.1, 0.15) is 22.5 Å². The van der Waals surface area contributed by atoms with Crippen LogP contribution in [-0.2, 0) is 37.3 Å². The number of alkyl carbamates (subject to hydrolysis) is 1. The van der Waals surface area contributed by atoms with E-state index in [1.54, 1.807) is 13.8 Å². The summed E-state index contributed by atoms with van der Waals surface area (Å²) in [6, 6.07) is 8.81. The molecular weight excluding hydrogens is 466 g/mol. The summed E-state index contributed by atoms with van der Waals surface area (Å²) in [6.07, 6.45) is 0.309. The Kier molecular flexibility index (Phi) is 9.89. The van der Waals surface area contributed by atoms with Gasteiger partial charge in [-0.2, -0.15) is 0 Å². The van der Waals surface area contributed by atoms with Crippen LogP contribution in [0.2, 0.25) is 0 Å². The molecule has 1 atom stereocenters. The first-order valence-corrected chi connectivity index (χ1v) is 12.6. The minimum Gasteiger partial charge on any atom is -0.448 e. The molecule has 0 bridgehead atoms. The lowest BCUT2D eigenvalue weighted by atomic mass is 10.1. The molecule has 188 valence electrons. The quantitative estimate of drug-likeness (QED) is 0.328. The van der Waals surface area contributed by atoms with Gasteiger partial charge in [-0.05, 0) is 29.8 Å². The summed E-state index contributed by atoms with van der Waals surface area (Å²) in [4.78, 5) is 24.2. The number of carbonyl (C=O) groups excluding carboxylic acids is 2. The Morgan fingerprint density at radius 2 is 1.94 bits per heavy atom. The summed E-state index contributed by atoms with van der Waals surface area (Å²) in [7, 11) is -3.19. The van der Waals surface area contributed by atoms with Crippen molar-refractivity contribution in [3.8, 4) is 0 Å². The number of amides is 2. The predicted octanol–water partition coefficient (Wildman–Crippen LogP) is -0.445. The van der Waals surface area contributed by atoms with Gasteiger partial charge in [-0.15, -0.1) is 5.10 Å². The average Bonchev–Trinajstić information content (AvgIpc) is 3.20. The maximum absolute atomic E-state index is 12.5. The van der Waals surface area contributed by atoms with Gasteiger partial charge >= 0.3 is 6.09 Å². The Morgan fingerprint density at radius 1 is 1.24 bits per heavy atom. The third-order valence-corrected chi connectivity index (χ3v) is 5.38. The molecule has 0 fully saturated rings. The Labute approximate surface area is 198 Å². The number of sulfone groups is 1. The van der Waals surface area contributed by atoms with Crippen LogP contribution in [0.15, 0.2) is 30.3 Å². The normalized spacial score (nSPS) is 12.7. The Morgan fingerprint density at radius 3 is 2.59 bits per heavy atom. The third-order valence-electron chi connectivity index (χ3n) is 4.44. The zero-order valence-electron chi connectivity index (χ0n) is 19.4. The molecule has 0 unspecified atom stereocenters. The highest BCUT2D eigenvalue weighted by molar-refractivity contribution is 7.90. The van der Waals surface area contributed by atoms with Gasteiger partial charge in [0.2, 0.25) is 5.91 Å². The standard InChI is InChI=1S/C20H31N7O6S/c1-20(2,21)18(28)23-16(14-32-13-15-7-5-4-6-8-15)17-24-25-26-27(17)10-11-33-19(29)22-9-12-34(3,30)31/h4-8,16H,9-14,21H2,1-3H3,(H,22,29)(H,23,28)/t16-/m1/s1. The number of hydrogen-bond acceptors (Lipinski definition) is 10. The molecule has 0 aliphatic carbocycles. The zero-order chi connectivity index (χ0) is 25.2. The van der Waals surface area contributed by atoms with E-state index in [-0.39, 0.29) is 32.1 Å². The van der Waals surface area contributed by atoms with Gasteiger partial charge in [-0.25, -0.2) is 17.9 Å². The molecule has 1 aromatic heterocycles. The Bertz CT molecular complexity index is 1040. The molecule has 34 heavy (non-hydrogen) atoms. The van der Waals surface area contributed by atoms with Gasteiger partial charge in [0.15, 0.2) is 5.82 Å². The van der Waals surface area contributed by atoms with Crippen LogP contribution in [-0.4, -0.2) is 77.9 Å². The molecule has 2 aromatic rings. The van der Waals surface area contributed by atoms with Crippen molar-refractivity contribution in [3.05, 3.63) is 41.7 Å². The van der Waals surface area contributed by atoms with E-state index in [2.05, 4.69) is 26.2 Å². The first kappa shape index (κ1) is 27.1. The van der Waals surface area contributed by atoms with E-state index in [0.29, 0.717) is 12.4 Å². The van der Waals surface area contributed by atoms with Crippen molar-refractivity contribution in [1.82, 2.24) is 30.8 Å². The number of carbonyl (C=O) groups is 2. The molecule has 2 amide bonds. The molecule has 4 N–H and O–H groups in total. The van der Waals surface area contributed by atoms with Crippen LogP contribution in [0.3, 0.4) is 0 Å². The fourth-order valence-electron chi connectivity index (χ4n) is 2.63. The van der Waals surface area contributed by atoms with Gasteiger partial charge in [-0.3, -0.25) is 4.79 Å². The highest BCUT2D eigenvalue weighted by Crippen LogP contribution is 2.13. The average molecular weight is 498 g/mol.